The first-order valence-corrected chi connectivity index (χ1v) is 5.09. The molecule has 1 heterocycles. The van der Waals surface area contributed by atoms with Crippen molar-refractivity contribution >= 4 is 5.91 Å². The second-order valence-corrected chi connectivity index (χ2v) is 3.47. The van der Waals surface area contributed by atoms with Crippen molar-refractivity contribution in [2.24, 2.45) is 0 Å². The third-order valence-electron chi connectivity index (χ3n) is 2.39. The fourth-order valence-electron chi connectivity index (χ4n) is 1.49. The monoisotopic (exact) mass is 199 g/mol. The van der Waals surface area contributed by atoms with Gasteiger partial charge in [0, 0.05) is 21.1 Å². The van der Waals surface area contributed by atoms with Crippen LogP contribution in [0.4, 0.5) is 0 Å². The molecule has 0 aromatic carbocycles. The Labute approximate surface area is 86.8 Å². The molecule has 82 valence electrons. The summed E-state index contributed by atoms with van der Waals surface area (Å²) in [5.74, 6) is 0.0960. The lowest BCUT2D eigenvalue weighted by molar-refractivity contribution is -0.122. The van der Waals surface area contributed by atoms with Crippen molar-refractivity contribution in [1.29, 1.82) is 0 Å². The number of carbonyl (C=O) groups excluding carboxylic acids is 1. The average Bonchev–Trinajstić information content (AvgIpc) is 2.52. The van der Waals surface area contributed by atoms with Crippen molar-refractivity contribution in [1.82, 2.24) is 15.5 Å². The highest BCUT2D eigenvalue weighted by Gasteiger charge is 2.20. The molecule has 1 aliphatic heterocycles. The Kier molecular flexibility index (Phi) is 4.62. The summed E-state index contributed by atoms with van der Waals surface area (Å²) in [6.45, 7) is 7.07. The van der Waals surface area contributed by atoms with E-state index in [0.717, 1.165) is 13.1 Å². The first-order chi connectivity index (χ1) is 6.74. The molecule has 0 bridgehead atoms. The molecule has 4 heteroatoms. The summed E-state index contributed by atoms with van der Waals surface area (Å²) in [6, 6.07) is 0. The van der Waals surface area contributed by atoms with Gasteiger partial charge in [-0.1, -0.05) is 12.2 Å². The minimum absolute atomic E-state index is 0. The van der Waals surface area contributed by atoms with Gasteiger partial charge in [0.15, 0.2) is 0 Å². The van der Waals surface area contributed by atoms with Gasteiger partial charge in [0.1, 0.15) is 0 Å². The Morgan fingerprint density at radius 1 is 1.79 bits per heavy atom. The van der Waals surface area contributed by atoms with Gasteiger partial charge in [-0.3, -0.25) is 9.69 Å². The van der Waals surface area contributed by atoms with Crippen LogP contribution in [0, 0.1) is 0 Å². The Bertz CT molecular complexity index is 221. The Morgan fingerprint density at radius 3 is 3.14 bits per heavy atom. The maximum atomic E-state index is 11.4. The van der Waals surface area contributed by atoms with Gasteiger partial charge < -0.3 is 10.6 Å². The highest BCUT2D eigenvalue weighted by Crippen LogP contribution is 2.00. The molecule has 14 heavy (non-hydrogen) atoms. The van der Waals surface area contributed by atoms with Crippen LogP contribution in [0.1, 0.15) is 15.3 Å². The lowest BCUT2D eigenvalue weighted by Gasteiger charge is -2.19. The van der Waals surface area contributed by atoms with Gasteiger partial charge in [0.25, 0.3) is 0 Å². The molecule has 1 amide bonds. The zero-order chi connectivity index (χ0) is 10.4. The Balaban J connectivity index is 0.00000196. The average molecular weight is 199 g/mol. The Hall–Kier alpha value is -0.870. The summed E-state index contributed by atoms with van der Waals surface area (Å²) in [4.78, 5) is 13.5. The van der Waals surface area contributed by atoms with E-state index in [4.69, 9.17) is 0 Å². The van der Waals surface area contributed by atoms with E-state index >= 15 is 0 Å². The van der Waals surface area contributed by atoms with Crippen molar-refractivity contribution in [3.8, 4) is 0 Å². The van der Waals surface area contributed by atoms with Gasteiger partial charge in [-0.2, -0.15) is 0 Å². The van der Waals surface area contributed by atoms with Crippen LogP contribution in [0.2, 0.25) is 0 Å². The van der Waals surface area contributed by atoms with Gasteiger partial charge in [0.2, 0.25) is 5.91 Å². The van der Waals surface area contributed by atoms with E-state index in [-0.39, 0.29) is 7.33 Å². The van der Waals surface area contributed by atoms with E-state index in [9.17, 15) is 4.79 Å². The van der Waals surface area contributed by atoms with Crippen LogP contribution in [-0.4, -0.2) is 43.2 Å². The number of allylic oxidation sites excluding steroid dienone is 1. The highest BCUT2D eigenvalue weighted by atomic mass is 16.2. The van der Waals surface area contributed by atoms with Crippen LogP contribution in [0.5, 0.6) is 0 Å². The minimum Gasteiger partial charge on any atom is -0.352 e. The smallest absolute Gasteiger partial charge is 0.234 e. The summed E-state index contributed by atoms with van der Waals surface area (Å²) in [5.41, 5.74) is 0. The van der Waals surface area contributed by atoms with Crippen LogP contribution < -0.4 is 10.6 Å². The van der Waals surface area contributed by atoms with Gasteiger partial charge in [-0.15, -0.1) is 0 Å². The molecular weight excluding hydrogens is 178 g/mol. The lowest BCUT2D eigenvalue weighted by atomic mass is 10.4. The van der Waals surface area contributed by atoms with Gasteiger partial charge in [-0.05, 0) is 13.8 Å². The molecule has 1 fully saturated rings. The summed E-state index contributed by atoms with van der Waals surface area (Å²) >= 11 is 0. The second-order valence-electron chi connectivity index (χ2n) is 3.47. The van der Waals surface area contributed by atoms with Crippen LogP contribution in [0.3, 0.4) is 0 Å². The third kappa shape index (κ3) is 3.47. The van der Waals surface area contributed by atoms with Crippen LogP contribution in [0.15, 0.2) is 12.2 Å². The summed E-state index contributed by atoms with van der Waals surface area (Å²) in [7, 11) is 0. The molecule has 1 saturated heterocycles. The lowest BCUT2D eigenvalue weighted by Crippen LogP contribution is -2.41. The van der Waals surface area contributed by atoms with Crippen molar-refractivity contribution in [2.45, 2.75) is 20.0 Å². The summed E-state index contributed by atoms with van der Waals surface area (Å²) < 4.78 is 0. The van der Waals surface area contributed by atoms with Crippen LogP contribution in [0.25, 0.3) is 0 Å². The molecule has 0 radical (unpaired) electrons. The number of rotatable bonds is 4. The molecule has 0 aromatic rings. The number of nitrogens with zero attached hydrogens (tertiary/aromatic N) is 1. The van der Waals surface area contributed by atoms with Gasteiger partial charge in [0.05, 0.1) is 12.7 Å². The zero-order valence-electron chi connectivity index (χ0n) is 8.92. The molecular formula is C10H21N3O. The van der Waals surface area contributed by atoms with E-state index in [1.807, 2.05) is 19.1 Å². The van der Waals surface area contributed by atoms with Crippen molar-refractivity contribution < 1.29 is 6.22 Å². The standard InChI is InChI=1S/C10H19N3O.H2/c1-3-4-5-12-10(14)8-13-7-6-11-9(13)2;/h3-4,9,11H,5-8H2,1-2H3,(H,12,14);1H/b4-3+;. The first-order valence-electron chi connectivity index (χ1n) is 5.09. The molecule has 1 atom stereocenters. The summed E-state index contributed by atoms with van der Waals surface area (Å²) in [5, 5.41) is 6.11. The van der Waals surface area contributed by atoms with E-state index in [2.05, 4.69) is 22.5 Å². The van der Waals surface area contributed by atoms with Gasteiger partial charge in [-0.25, -0.2) is 0 Å². The predicted octanol–water partition coefficient (Wildman–Crippen LogP) is 0.176. The molecule has 0 aliphatic carbocycles. The molecule has 1 unspecified atom stereocenters. The fourth-order valence-corrected chi connectivity index (χ4v) is 1.49. The molecule has 4 nitrogen and oxygen atoms in total. The molecule has 1 aliphatic rings. The number of amides is 1. The van der Waals surface area contributed by atoms with Crippen LogP contribution >= 0.6 is 0 Å². The van der Waals surface area contributed by atoms with Gasteiger partial charge >= 0.3 is 0 Å². The second kappa shape index (κ2) is 5.78. The van der Waals surface area contributed by atoms with Crippen molar-refractivity contribution in [2.75, 3.05) is 26.2 Å². The largest absolute Gasteiger partial charge is 0.352 e. The molecule has 2 N–H and O–H groups in total. The van der Waals surface area contributed by atoms with Crippen molar-refractivity contribution in [3.63, 3.8) is 0 Å². The summed E-state index contributed by atoms with van der Waals surface area (Å²) in [6.07, 6.45) is 4.19. The van der Waals surface area contributed by atoms with E-state index < -0.39 is 0 Å². The maximum absolute atomic E-state index is 11.4. The third-order valence-corrected chi connectivity index (χ3v) is 2.39. The SMILES string of the molecule is C/C=C/CNC(=O)CN1CCNC1C.[HH]. The highest BCUT2D eigenvalue weighted by molar-refractivity contribution is 5.78. The Morgan fingerprint density at radius 2 is 2.57 bits per heavy atom. The zero-order valence-corrected chi connectivity index (χ0v) is 8.92. The molecule has 0 aromatic heterocycles. The minimum atomic E-state index is 0. The molecule has 0 saturated carbocycles. The maximum Gasteiger partial charge on any atom is 0.234 e. The van der Waals surface area contributed by atoms with Crippen molar-refractivity contribution in [3.05, 3.63) is 12.2 Å². The topological polar surface area (TPSA) is 44.4 Å². The number of carbonyl (C=O) groups is 1. The van der Waals surface area contributed by atoms with E-state index in [1.165, 1.54) is 0 Å². The fraction of sp³-hybridized carbons (Fsp3) is 0.700. The van der Waals surface area contributed by atoms with E-state index in [1.54, 1.807) is 0 Å². The predicted molar refractivity (Wildman–Crippen MR) is 59.0 cm³/mol. The quantitative estimate of drug-likeness (QED) is 0.635. The molecule has 0 spiro atoms. The van der Waals surface area contributed by atoms with E-state index in [0.29, 0.717) is 19.3 Å². The molecule has 1 rings (SSSR count). The normalized spacial score (nSPS) is 23.1. The van der Waals surface area contributed by atoms with Crippen LogP contribution in [-0.2, 0) is 4.79 Å². The first kappa shape index (κ1) is 11.2. The number of hydrogen-bond donors (Lipinski definition) is 2. The number of hydrogen-bond acceptors (Lipinski definition) is 3. The number of nitrogens with one attached hydrogen (secondary N) is 2.